The SMILES string of the molecule is Cc1cc(C=CC(=O)N2CCC(C(=O)Nc3ccccc3)CC2)c(C)n1-c1ccc2c(c1)OCO2. The second-order valence-corrected chi connectivity index (χ2v) is 8.99. The first-order chi connectivity index (χ1) is 17.0. The molecule has 2 aromatic carbocycles. The highest BCUT2D eigenvalue weighted by atomic mass is 16.7. The average Bonchev–Trinajstić information content (AvgIpc) is 3.46. The number of fused-ring (bicyclic) bond motifs is 1. The molecular weight excluding hydrogens is 442 g/mol. The van der Waals surface area contributed by atoms with Gasteiger partial charge in [0.2, 0.25) is 18.6 Å². The van der Waals surface area contributed by atoms with Gasteiger partial charge in [-0.05, 0) is 68.7 Å². The van der Waals surface area contributed by atoms with E-state index in [1.807, 2.05) is 73.4 Å². The lowest BCUT2D eigenvalue weighted by Gasteiger charge is -2.30. The van der Waals surface area contributed by atoms with E-state index < -0.39 is 0 Å². The predicted molar refractivity (Wildman–Crippen MR) is 135 cm³/mol. The second kappa shape index (κ2) is 9.70. The van der Waals surface area contributed by atoms with Gasteiger partial charge in [-0.2, -0.15) is 0 Å². The number of rotatable bonds is 5. The number of amides is 2. The topological polar surface area (TPSA) is 72.8 Å². The Labute approximate surface area is 205 Å². The zero-order chi connectivity index (χ0) is 24.4. The van der Waals surface area contributed by atoms with Gasteiger partial charge in [0.05, 0.1) is 0 Å². The van der Waals surface area contributed by atoms with E-state index in [1.165, 1.54) is 0 Å². The lowest BCUT2D eigenvalue weighted by Crippen LogP contribution is -2.40. The predicted octanol–water partition coefficient (Wildman–Crippen LogP) is 4.71. The maximum absolute atomic E-state index is 12.8. The summed E-state index contributed by atoms with van der Waals surface area (Å²) in [7, 11) is 0. The lowest BCUT2D eigenvalue weighted by atomic mass is 9.95. The highest BCUT2D eigenvalue weighted by Crippen LogP contribution is 2.35. The van der Waals surface area contributed by atoms with E-state index in [0.717, 1.165) is 39.8 Å². The molecule has 35 heavy (non-hydrogen) atoms. The molecule has 1 saturated heterocycles. The smallest absolute Gasteiger partial charge is 0.246 e. The van der Waals surface area contributed by atoms with Gasteiger partial charge in [-0.15, -0.1) is 0 Å². The number of hydrogen-bond acceptors (Lipinski definition) is 4. The van der Waals surface area contributed by atoms with Gasteiger partial charge in [-0.1, -0.05) is 18.2 Å². The highest BCUT2D eigenvalue weighted by Gasteiger charge is 2.26. The Morgan fingerprint density at radius 3 is 2.49 bits per heavy atom. The van der Waals surface area contributed by atoms with Crippen LogP contribution in [0.5, 0.6) is 11.5 Å². The van der Waals surface area contributed by atoms with E-state index >= 15 is 0 Å². The Bertz CT molecular complexity index is 1270. The fourth-order valence-corrected chi connectivity index (χ4v) is 4.77. The first-order valence-corrected chi connectivity index (χ1v) is 11.9. The number of hydrogen-bond donors (Lipinski definition) is 1. The monoisotopic (exact) mass is 471 g/mol. The number of para-hydroxylation sites is 1. The number of benzene rings is 2. The first-order valence-electron chi connectivity index (χ1n) is 11.9. The van der Waals surface area contributed by atoms with Crippen molar-refractivity contribution < 1.29 is 19.1 Å². The summed E-state index contributed by atoms with van der Waals surface area (Å²) in [4.78, 5) is 27.2. The van der Waals surface area contributed by atoms with Crippen LogP contribution in [-0.2, 0) is 9.59 Å². The number of carbonyl (C=O) groups excluding carboxylic acids is 2. The quantitative estimate of drug-likeness (QED) is 0.547. The molecule has 0 aliphatic carbocycles. The van der Waals surface area contributed by atoms with E-state index in [-0.39, 0.29) is 24.5 Å². The van der Waals surface area contributed by atoms with Crippen LogP contribution in [0.1, 0.15) is 29.8 Å². The third kappa shape index (κ3) is 4.80. The maximum Gasteiger partial charge on any atom is 0.246 e. The molecule has 2 amide bonds. The Morgan fingerprint density at radius 2 is 1.71 bits per heavy atom. The molecule has 5 rings (SSSR count). The summed E-state index contributed by atoms with van der Waals surface area (Å²) in [6, 6.07) is 17.4. The first kappa shape index (κ1) is 22.8. The van der Waals surface area contributed by atoms with Gasteiger partial charge in [-0.25, -0.2) is 0 Å². The fourth-order valence-electron chi connectivity index (χ4n) is 4.77. The third-order valence-electron chi connectivity index (χ3n) is 6.71. The number of nitrogens with one attached hydrogen (secondary N) is 1. The summed E-state index contributed by atoms with van der Waals surface area (Å²) in [6.07, 6.45) is 4.84. The molecule has 0 atom stereocenters. The van der Waals surface area contributed by atoms with Crippen LogP contribution < -0.4 is 14.8 Å². The molecule has 1 aromatic heterocycles. The summed E-state index contributed by atoms with van der Waals surface area (Å²) < 4.78 is 13.1. The van der Waals surface area contributed by atoms with E-state index in [9.17, 15) is 9.59 Å². The Hall–Kier alpha value is -4.00. The van der Waals surface area contributed by atoms with Crippen molar-refractivity contribution in [3.63, 3.8) is 0 Å². The van der Waals surface area contributed by atoms with Crippen molar-refractivity contribution in [1.82, 2.24) is 9.47 Å². The number of carbonyl (C=O) groups is 2. The average molecular weight is 472 g/mol. The normalized spacial score (nSPS) is 15.5. The van der Waals surface area contributed by atoms with Crippen LogP contribution in [0.4, 0.5) is 5.69 Å². The molecule has 0 radical (unpaired) electrons. The van der Waals surface area contributed by atoms with Gasteiger partial charge in [-0.3, -0.25) is 9.59 Å². The number of aromatic nitrogens is 1. The molecule has 0 spiro atoms. The molecule has 7 nitrogen and oxygen atoms in total. The Balaban J connectivity index is 1.20. The summed E-state index contributed by atoms with van der Waals surface area (Å²) in [6.45, 7) is 5.48. The zero-order valence-corrected chi connectivity index (χ0v) is 20.0. The van der Waals surface area contributed by atoms with Crippen molar-refractivity contribution >= 4 is 23.6 Å². The molecule has 1 N–H and O–H groups in total. The molecule has 2 aliphatic rings. The summed E-state index contributed by atoms with van der Waals surface area (Å²) in [5.41, 5.74) is 4.90. The Morgan fingerprint density at radius 1 is 0.971 bits per heavy atom. The van der Waals surface area contributed by atoms with Crippen molar-refractivity contribution in [3.8, 4) is 17.2 Å². The molecule has 180 valence electrons. The van der Waals surface area contributed by atoms with E-state index in [2.05, 4.69) is 16.0 Å². The minimum Gasteiger partial charge on any atom is -0.454 e. The molecule has 3 heterocycles. The minimum absolute atomic E-state index is 0.0230. The van der Waals surface area contributed by atoms with Gasteiger partial charge >= 0.3 is 0 Å². The van der Waals surface area contributed by atoms with Crippen molar-refractivity contribution in [2.45, 2.75) is 26.7 Å². The van der Waals surface area contributed by atoms with Crippen molar-refractivity contribution in [2.24, 2.45) is 5.92 Å². The number of likely N-dealkylation sites (tertiary alicyclic amines) is 1. The van der Waals surface area contributed by atoms with Crippen molar-refractivity contribution in [2.75, 3.05) is 25.2 Å². The molecule has 0 bridgehead atoms. The van der Waals surface area contributed by atoms with Crippen molar-refractivity contribution in [1.29, 1.82) is 0 Å². The van der Waals surface area contributed by atoms with Gasteiger partial charge < -0.3 is 24.3 Å². The van der Waals surface area contributed by atoms with E-state index in [0.29, 0.717) is 25.9 Å². The molecule has 2 aliphatic heterocycles. The lowest BCUT2D eigenvalue weighted by molar-refractivity contribution is -0.130. The molecule has 1 fully saturated rings. The van der Waals surface area contributed by atoms with Gasteiger partial charge in [0.1, 0.15) is 0 Å². The van der Waals surface area contributed by atoms with Gasteiger partial charge in [0.15, 0.2) is 11.5 Å². The molecule has 3 aromatic rings. The van der Waals surface area contributed by atoms with Crippen LogP contribution in [0.3, 0.4) is 0 Å². The number of ether oxygens (including phenoxy) is 2. The largest absolute Gasteiger partial charge is 0.454 e. The van der Waals surface area contributed by atoms with Crippen LogP contribution in [0.15, 0.2) is 60.7 Å². The minimum atomic E-state index is -0.0798. The van der Waals surface area contributed by atoms with Crippen LogP contribution >= 0.6 is 0 Å². The second-order valence-electron chi connectivity index (χ2n) is 8.99. The van der Waals surface area contributed by atoms with Gasteiger partial charge in [0.25, 0.3) is 0 Å². The third-order valence-corrected chi connectivity index (χ3v) is 6.71. The number of piperidine rings is 1. The van der Waals surface area contributed by atoms with Crippen LogP contribution in [0.2, 0.25) is 0 Å². The highest BCUT2D eigenvalue weighted by molar-refractivity contribution is 5.94. The van der Waals surface area contributed by atoms with Gasteiger partial charge in [0, 0.05) is 53.9 Å². The van der Waals surface area contributed by atoms with Crippen LogP contribution in [0.25, 0.3) is 11.8 Å². The maximum atomic E-state index is 12.8. The van der Waals surface area contributed by atoms with E-state index in [4.69, 9.17) is 9.47 Å². The van der Waals surface area contributed by atoms with Crippen molar-refractivity contribution in [3.05, 3.63) is 77.6 Å². The number of nitrogens with zero attached hydrogens (tertiary/aromatic N) is 2. The summed E-state index contributed by atoms with van der Waals surface area (Å²) in [5.74, 6) is 1.41. The van der Waals surface area contributed by atoms with Crippen LogP contribution in [-0.4, -0.2) is 41.2 Å². The fraction of sp³-hybridized carbons (Fsp3) is 0.286. The van der Waals surface area contributed by atoms with E-state index in [1.54, 1.807) is 6.08 Å². The van der Waals surface area contributed by atoms with Crippen LogP contribution in [0, 0.1) is 19.8 Å². The standard InChI is InChI=1S/C28H29N3O4/c1-19-16-22(20(2)31(19)24-9-10-25-26(17-24)35-18-34-25)8-11-27(32)30-14-12-21(13-15-30)28(33)29-23-6-4-3-5-7-23/h3-11,16-17,21H,12-15,18H2,1-2H3,(H,29,33). The Kier molecular flexibility index (Phi) is 6.31. The molecule has 7 heteroatoms. The summed E-state index contributed by atoms with van der Waals surface area (Å²) in [5, 5.41) is 2.97. The number of anilines is 1. The molecule has 0 unspecified atom stereocenters. The number of aryl methyl sites for hydroxylation is 1. The summed E-state index contributed by atoms with van der Waals surface area (Å²) >= 11 is 0. The molecule has 0 saturated carbocycles. The zero-order valence-electron chi connectivity index (χ0n) is 20.0. The molecular formula is C28H29N3O4.